The lowest BCUT2D eigenvalue weighted by atomic mass is 9.96. The third-order valence-electron chi connectivity index (χ3n) is 5.09. The zero-order valence-electron chi connectivity index (χ0n) is 14.6. The SMILES string of the molecule is Cc1oc(-c2ccsc2)nc1CC(=O)NCC1(N(C)C)CCCC1. The second-order valence-electron chi connectivity index (χ2n) is 6.81. The molecular formula is C18H25N3O2S. The highest BCUT2D eigenvalue weighted by Gasteiger charge is 2.36. The van der Waals surface area contributed by atoms with Gasteiger partial charge in [0.05, 0.1) is 12.1 Å². The predicted molar refractivity (Wildman–Crippen MR) is 96.2 cm³/mol. The summed E-state index contributed by atoms with van der Waals surface area (Å²) in [5.74, 6) is 1.32. The van der Waals surface area contributed by atoms with E-state index in [0.717, 1.165) is 29.9 Å². The van der Waals surface area contributed by atoms with Crippen molar-refractivity contribution in [3.05, 3.63) is 28.3 Å². The largest absolute Gasteiger partial charge is 0.441 e. The number of thiophene rings is 1. The first-order valence-electron chi connectivity index (χ1n) is 8.43. The summed E-state index contributed by atoms with van der Waals surface area (Å²) in [6.07, 6.45) is 5.03. The van der Waals surface area contributed by atoms with Crippen LogP contribution >= 0.6 is 11.3 Å². The zero-order valence-corrected chi connectivity index (χ0v) is 15.4. The van der Waals surface area contributed by atoms with Crippen LogP contribution in [-0.2, 0) is 11.2 Å². The molecule has 3 rings (SSSR count). The summed E-state index contributed by atoms with van der Waals surface area (Å²) < 4.78 is 5.70. The van der Waals surface area contributed by atoms with Crippen LogP contribution in [-0.4, -0.2) is 42.0 Å². The van der Waals surface area contributed by atoms with Crippen LogP contribution in [0.15, 0.2) is 21.2 Å². The molecule has 0 spiro atoms. The van der Waals surface area contributed by atoms with Gasteiger partial charge < -0.3 is 14.6 Å². The maximum absolute atomic E-state index is 12.4. The topological polar surface area (TPSA) is 58.4 Å². The molecule has 2 aromatic rings. The van der Waals surface area contributed by atoms with E-state index in [1.807, 2.05) is 23.8 Å². The van der Waals surface area contributed by atoms with E-state index in [0.29, 0.717) is 12.4 Å². The van der Waals surface area contributed by atoms with E-state index in [1.54, 1.807) is 11.3 Å². The van der Waals surface area contributed by atoms with Gasteiger partial charge in [-0.3, -0.25) is 4.79 Å². The fourth-order valence-electron chi connectivity index (χ4n) is 3.39. The van der Waals surface area contributed by atoms with Gasteiger partial charge in [-0.15, -0.1) is 0 Å². The Morgan fingerprint density at radius 2 is 2.17 bits per heavy atom. The van der Waals surface area contributed by atoms with E-state index in [-0.39, 0.29) is 17.9 Å². The van der Waals surface area contributed by atoms with Crippen molar-refractivity contribution >= 4 is 17.2 Å². The molecule has 0 saturated heterocycles. The smallest absolute Gasteiger partial charge is 0.227 e. The van der Waals surface area contributed by atoms with E-state index in [9.17, 15) is 4.79 Å². The van der Waals surface area contributed by atoms with E-state index in [2.05, 4.69) is 29.3 Å². The number of likely N-dealkylation sites (N-methyl/N-ethyl adjacent to an activating group) is 1. The first kappa shape index (κ1) is 17.2. The Balaban J connectivity index is 1.61. The van der Waals surface area contributed by atoms with Crippen molar-refractivity contribution in [2.75, 3.05) is 20.6 Å². The van der Waals surface area contributed by atoms with Crippen LogP contribution < -0.4 is 5.32 Å². The van der Waals surface area contributed by atoms with E-state index >= 15 is 0 Å². The number of carbonyl (C=O) groups excluding carboxylic acids is 1. The highest BCUT2D eigenvalue weighted by Crippen LogP contribution is 2.33. The highest BCUT2D eigenvalue weighted by molar-refractivity contribution is 7.08. The summed E-state index contributed by atoms with van der Waals surface area (Å²) in [6.45, 7) is 2.57. The van der Waals surface area contributed by atoms with Crippen LogP contribution in [0.5, 0.6) is 0 Å². The minimum atomic E-state index is 0.0105. The molecule has 1 aliphatic rings. The summed E-state index contributed by atoms with van der Waals surface area (Å²) in [5, 5.41) is 7.09. The van der Waals surface area contributed by atoms with Crippen molar-refractivity contribution < 1.29 is 9.21 Å². The number of carbonyl (C=O) groups is 1. The fourth-order valence-corrected chi connectivity index (χ4v) is 4.02. The first-order chi connectivity index (χ1) is 11.5. The van der Waals surface area contributed by atoms with Crippen LogP contribution in [0.2, 0.25) is 0 Å². The summed E-state index contributed by atoms with van der Waals surface area (Å²) in [6, 6.07) is 1.97. The molecule has 1 fully saturated rings. The lowest BCUT2D eigenvalue weighted by molar-refractivity contribution is -0.121. The van der Waals surface area contributed by atoms with Gasteiger partial charge in [0.1, 0.15) is 5.76 Å². The third-order valence-corrected chi connectivity index (χ3v) is 5.77. The fraction of sp³-hybridized carbons (Fsp3) is 0.556. The molecule has 6 heteroatoms. The molecule has 0 aliphatic heterocycles. The van der Waals surface area contributed by atoms with Crippen molar-refractivity contribution in [1.82, 2.24) is 15.2 Å². The average Bonchev–Trinajstić information content (AvgIpc) is 3.27. The van der Waals surface area contributed by atoms with Crippen LogP contribution in [0, 0.1) is 6.92 Å². The molecule has 1 amide bonds. The van der Waals surface area contributed by atoms with Crippen molar-refractivity contribution in [2.45, 2.75) is 44.6 Å². The van der Waals surface area contributed by atoms with Gasteiger partial charge in [-0.1, -0.05) is 12.8 Å². The molecule has 1 saturated carbocycles. The molecule has 0 radical (unpaired) electrons. The van der Waals surface area contributed by atoms with Crippen molar-refractivity contribution in [3.8, 4) is 11.5 Å². The van der Waals surface area contributed by atoms with Gasteiger partial charge in [-0.2, -0.15) is 11.3 Å². The number of hydrogen-bond donors (Lipinski definition) is 1. The molecule has 1 aliphatic carbocycles. The summed E-state index contributed by atoms with van der Waals surface area (Å²) >= 11 is 1.60. The van der Waals surface area contributed by atoms with Gasteiger partial charge >= 0.3 is 0 Å². The lowest BCUT2D eigenvalue weighted by Gasteiger charge is -2.36. The Morgan fingerprint density at radius 3 is 2.79 bits per heavy atom. The van der Waals surface area contributed by atoms with Crippen LogP contribution in [0.1, 0.15) is 37.1 Å². The van der Waals surface area contributed by atoms with E-state index in [1.165, 1.54) is 12.8 Å². The van der Waals surface area contributed by atoms with Crippen molar-refractivity contribution in [1.29, 1.82) is 0 Å². The van der Waals surface area contributed by atoms with Crippen LogP contribution in [0.25, 0.3) is 11.5 Å². The summed E-state index contributed by atoms with van der Waals surface area (Å²) in [4.78, 5) is 19.1. The molecule has 0 atom stereocenters. The van der Waals surface area contributed by atoms with Crippen molar-refractivity contribution in [2.24, 2.45) is 0 Å². The van der Waals surface area contributed by atoms with Gasteiger partial charge in [-0.25, -0.2) is 4.98 Å². The second-order valence-corrected chi connectivity index (χ2v) is 7.59. The molecule has 2 heterocycles. The third kappa shape index (κ3) is 3.54. The average molecular weight is 347 g/mol. The number of nitrogens with zero attached hydrogens (tertiary/aromatic N) is 2. The molecule has 24 heavy (non-hydrogen) atoms. The predicted octanol–water partition coefficient (Wildman–Crippen LogP) is 3.24. The Morgan fingerprint density at radius 1 is 1.42 bits per heavy atom. The maximum atomic E-state index is 12.4. The van der Waals surface area contributed by atoms with Gasteiger partial charge in [0, 0.05) is 23.0 Å². The van der Waals surface area contributed by atoms with Crippen LogP contribution in [0.4, 0.5) is 0 Å². The first-order valence-corrected chi connectivity index (χ1v) is 9.37. The van der Waals surface area contributed by atoms with Gasteiger partial charge in [0.2, 0.25) is 11.8 Å². The second kappa shape index (κ2) is 7.07. The van der Waals surface area contributed by atoms with Gasteiger partial charge in [0.25, 0.3) is 0 Å². The number of aryl methyl sites for hydroxylation is 1. The Kier molecular flexibility index (Phi) is 5.06. The minimum absolute atomic E-state index is 0.0105. The zero-order chi connectivity index (χ0) is 17.2. The van der Waals surface area contributed by atoms with Crippen molar-refractivity contribution in [3.63, 3.8) is 0 Å². The molecule has 0 aromatic carbocycles. The van der Waals surface area contributed by atoms with E-state index < -0.39 is 0 Å². The number of rotatable bonds is 6. The number of aromatic nitrogens is 1. The molecule has 1 N–H and O–H groups in total. The summed E-state index contributed by atoms with van der Waals surface area (Å²) in [5.41, 5.74) is 1.79. The summed E-state index contributed by atoms with van der Waals surface area (Å²) in [7, 11) is 4.21. The molecule has 0 bridgehead atoms. The quantitative estimate of drug-likeness (QED) is 0.871. The number of oxazole rings is 1. The normalized spacial score (nSPS) is 16.7. The Hall–Kier alpha value is -1.66. The van der Waals surface area contributed by atoms with Crippen LogP contribution in [0.3, 0.4) is 0 Å². The molecule has 0 unspecified atom stereocenters. The molecular weight excluding hydrogens is 322 g/mol. The maximum Gasteiger partial charge on any atom is 0.227 e. The molecule has 2 aromatic heterocycles. The van der Waals surface area contributed by atoms with E-state index in [4.69, 9.17) is 4.42 Å². The number of hydrogen-bond acceptors (Lipinski definition) is 5. The van der Waals surface area contributed by atoms with Gasteiger partial charge in [0.15, 0.2) is 0 Å². The Labute approximate surface area is 147 Å². The molecule has 5 nitrogen and oxygen atoms in total. The number of amides is 1. The Bertz CT molecular complexity index is 685. The number of nitrogens with one attached hydrogen (secondary N) is 1. The molecule has 130 valence electrons. The minimum Gasteiger partial charge on any atom is -0.441 e. The van der Waals surface area contributed by atoms with Gasteiger partial charge in [-0.05, 0) is 45.3 Å². The standard InChI is InChI=1S/C18H25N3O2S/c1-13-15(20-17(23-13)14-6-9-24-11-14)10-16(22)19-12-18(21(2)3)7-4-5-8-18/h6,9,11H,4-5,7-8,10,12H2,1-3H3,(H,19,22). The monoisotopic (exact) mass is 347 g/mol. The highest BCUT2D eigenvalue weighted by atomic mass is 32.1. The lowest BCUT2D eigenvalue weighted by Crippen LogP contribution is -2.51.